The van der Waals surface area contributed by atoms with Crippen LogP contribution in [0.4, 0.5) is 24.5 Å². The fourth-order valence-corrected chi connectivity index (χ4v) is 3.81. The van der Waals surface area contributed by atoms with E-state index in [4.69, 9.17) is 0 Å². The van der Waals surface area contributed by atoms with Crippen LogP contribution in [0.15, 0.2) is 66.7 Å². The van der Waals surface area contributed by atoms with Crippen molar-refractivity contribution < 1.29 is 18.0 Å². The molecule has 1 aliphatic heterocycles. The zero-order chi connectivity index (χ0) is 21.3. The van der Waals surface area contributed by atoms with Gasteiger partial charge in [-0.25, -0.2) is 0 Å². The second-order valence-corrected chi connectivity index (χ2v) is 7.57. The molecule has 0 fully saturated rings. The molecular weight excluding hydrogens is 389 g/mol. The highest BCUT2D eigenvalue weighted by Crippen LogP contribution is 2.39. The number of hydrogen-bond donors (Lipinski definition) is 2. The summed E-state index contributed by atoms with van der Waals surface area (Å²) < 4.78 is 39.7. The quantitative estimate of drug-likeness (QED) is 0.548. The lowest BCUT2D eigenvalue weighted by Crippen LogP contribution is -2.16. The van der Waals surface area contributed by atoms with E-state index in [0.717, 1.165) is 23.6 Å². The lowest BCUT2D eigenvalue weighted by molar-refractivity contribution is -0.138. The summed E-state index contributed by atoms with van der Waals surface area (Å²) in [4.78, 5) is 12.4. The van der Waals surface area contributed by atoms with Gasteiger partial charge in [0.2, 0.25) is 5.91 Å². The molecule has 3 aromatic rings. The summed E-state index contributed by atoms with van der Waals surface area (Å²) in [7, 11) is 0. The minimum absolute atomic E-state index is 0.112. The smallest absolute Gasteiger partial charge is 0.376 e. The zero-order valence-electron chi connectivity index (χ0n) is 16.4. The van der Waals surface area contributed by atoms with Gasteiger partial charge in [-0.05, 0) is 47.7 Å². The van der Waals surface area contributed by atoms with Crippen molar-refractivity contribution in [3.05, 3.63) is 94.5 Å². The van der Waals surface area contributed by atoms with Crippen molar-refractivity contribution in [1.29, 1.82) is 0 Å². The van der Waals surface area contributed by atoms with Gasteiger partial charge in [-0.2, -0.15) is 13.2 Å². The molecule has 154 valence electrons. The SMILES string of the molecule is Cc1cc2c(cc1C(F)(F)F)NC(=O)CC(c1cccc(Cc3ccccc3)c1)N2. The second kappa shape index (κ2) is 7.86. The van der Waals surface area contributed by atoms with E-state index in [9.17, 15) is 18.0 Å². The molecule has 1 aliphatic rings. The molecule has 0 saturated carbocycles. The van der Waals surface area contributed by atoms with Gasteiger partial charge in [0.25, 0.3) is 0 Å². The average Bonchev–Trinajstić information content (AvgIpc) is 2.85. The fourth-order valence-electron chi connectivity index (χ4n) is 3.81. The van der Waals surface area contributed by atoms with Crippen LogP contribution >= 0.6 is 0 Å². The van der Waals surface area contributed by atoms with Gasteiger partial charge in [0.05, 0.1) is 29.4 Å². The fraction of sp³-hybridized carbons (Fsp3) is 0.208. The van der Waals surface area contributed by atoms with Crippen molar-refractivity contribution in [1.82, 2.24) is 0 Å². The van der Waals surface area contributed by atoms with E-state index in [0.29, 0.717) is 5.69 Å². The second-order valence-electron chi connectivity index (χ2n) is 7.57. The Morgan fingerprint density at radius 3 is 2.40 bits per heavy atom. The van der Waals surface area contributed by atoms with Gasteiger partial charge in [0, 0.05) is 0 Å². The number of carbonyl (C=O) groups excluding carboxylic acids is 1. The predicted octanol–water partition coefficient (Wildman–Crippen LogP) is 6.10. The molecule has 0 aromatic heterocycles. The first-order valence-corrected chi connectivity index (χ1v) is 9.70. The number of halogens is 3. The summed E-state index contributed by atoms with van der Waals surface area (Å²) in [5, 5.41) is 5.88. The Bertz CT molecular complexity index is 1080. The third-order valence-corrected chi connectivity index (χ3v) is 5.27. The Morgan fingerprint density at radius 2 is 1.67 bits per heavy atom. The first-order valence-electron chi connectivity index (χ1n) is 9.70. The lowest BCUT2D eigenvalue weighted by Gasteiger charge is -2.20. The molecule has 6 heteroatoms. The van der Waals surface area contributed by atoms with Gasteiger partial charge in [-0.3, -0.25) is 4.79 Å². The van der Waals surface area contributed by atoms with Gasteiger partial charge < -0.3 is 10.6 Å². The Morgan fingerprint density at radius 1 is 0.933 bits per heavy atom. The average molecular weight is 410 g/mol. The third kappa shape index (κ3) is 4.32. The number of amides is 1. The highest BCUT2D eigenvalue weighted by atomic mass is 19.4. The number of nitrogens with one attached hydrogen (secondary N) is 2. The summed E-state index contributed by atoms with van der Waals surface area (Å²) >= 11 is 0. The maximum Gasteiger partial charge on any atom is 0.416 e. The van der Waals surface area contributed by atoms with Crippen molar-refractivity contribution >= 4 is 17.3 Å². The summed E-state index contributed by atoms with van der Waals surface area (Å²) in [6.45, 7) is 1.42. The topological polar surface area (TPSA) is 41.1 Å². The molecule has 4 rings (SSSR count). The van der Waals surface area contributed by atoms with Crippen LogP contribution in [0.2, 0.25) is 0 Å². The zero-order valence-corrected chi connectivity index (χ0v) is 16.4. The van der Waals surface area contributed by atoms with Crippen LogP contribution in [0.5, 0.6) is 0 Å². The van der Waals surface area contributed by atoms with Gasteiger partial charge in [-0.1, -0.05) is 54.6 Å². The summed E-state index contributed by atoms with van der Waals surface area (Å²) in [5.41, 5.74) is 3.22. The molecule has 1 atom stereocenters. The molecule has 1 amide bonds. The molecule has 30 heavy (non-hydrogen) atoms. The van der Waals surface area contributed by atoms with Crippen molar-refractivity contribution in [2.45, 2.75) is 32.0 Å². The molecule has 1 unspecified atom stereocenters. The third-order valence-electron chi connectivity index (χ3n) is 5.27. The number of fused-ring (bicyclic) bond motifs is 1. The van der Waals surface area contributed by atoms with Crippen LogP contribution in [-0.4, -0.2) is 5.91 Å². The number of benzene rings is 3. The van der Waals surface area contributed by atoms with E-state index in [1.807, 2.05) is 42.5 Å². The molecule has 0 spiro atoms. The normalized spacial score (nSPS) is 16.3. The Balaban J connectivity index is 1.64. The molecule has 0 aliphatic carbocycles. The van der Waals surface area contributed by atoms with E-state index in [1.165, 1.54) is 18.6 Å². The summed E-state index contributed by atoms with van der Waals surface area (Å²) in [6, 6.07) is 20.1. The molecule has 1 heterocycles. The lowest BCUT2D eigenvalue weighted by atomic mass is 9.97. The molecule has 3 nitrogen and oxygen atoms in total. The molecule has 2 N–H and O–H groups in total. The predicted molar refractivity (Wildman–Crippen MR) is 111 cm³/mol. The first-order chi connectivity index (χ1) is 14.3. The molecular formula is C24H21F3N2O. The number of alkyl halides is 3. The minimum Gasteiger partial charge on any atom is -0.376 e. The van der Waals surface area contributed by atoms with Crippen molar-refractivity contribution in [2.75, 3.05) is 10.6 Å². The van der Waals surface area contributed by atoms with Gasteiger partial charge >= 0.3 is 6.18 Å². The van der Waals surface area contributed by atoms with Crippen LogP contribution < -0.4 is 10.6 Å². The van der Waals surface area contributed by atoms with Crippen LogP contribution in [0.3, 0.4) is 0 Å². The van der Waals surface area contributed by atoms with Crippen molar-refractivity contribution in [2.24, 2.45) is 0 Å². The van der Waals surface area contributed by atoms with Gasteiger partial charge in [0.1, 0.15) is 0 Å². The van der Waals surface area contributed by atoms with E-state index >= 15 is 0 Å². The van der Waals surface area contributed by atoms with Gasteiger partial charge in [0.15, 0.2) is 0 Å². The van der Waals surface area contributed by atoms with Crippen LogP contribution in [0.1, 0.15) is 40.3 Å². The van der Waals surface area contributed by atoms with Crippen LogP contribution in [0, 0.1) is 6.92 Å². The van der Waals surface area contributed by atoms with Crippen LogP contribution in [0.25, 0.3) is 0 Å². The van der Waals surface area contributed by atoms with Crippen molar-refractivity contribution in [3.63, 3.8) is 0 Å². The molecule has 0 bridgehead atoms. The summed E-state index contributed by atoms with van der Waals surface area (Å²) in [6.07, 6.45) is -3.58. The van der Waals surface area contributed by atoms with E-state index in [2.05, 4.69) is 22.8 Å². The van der Waals surface area contributed by atoms with E-state index in [-0.39, 0.29) is 29.6 Å². The van der Waals surface area contributed by atoms with Crippen molar-refractivity contribution in [3.8, 4) is 0 Å². The van der Waals surface area contributed by atoms with Gasteiger partial charge in [-0.15, -0.1) is 0 Å². The summed E-state index contributed by atoms with van der Waals surface area (Å²) in [5.74, 6) is -0.323. The minimum atomic E-state index is -4.47. The Hall–Kier alpha value is -3.28. The molecule has 0 saturated heterocycles. The monoisotopic (exact) mass is 410 g/mol. The van der Waals surface area contributed by atoms with Crippen LogP contribution in [-0.2, 0) is 17.4 Å². The highest BCUT2D eigenvalue weighted by Gasteiger charge is 2.34. The maximum atomic E-state index is 13.2. The number of anilines is 2. The maximum absolute atomic E-state index is 13.2. The Kier molecular flexibility index (Phi) is 5.24. The largest absolute Gasteiger partial charge is 0.416 e. The number of aryl methyl sites for hydroxylation is 1. The first kappa shape index (κ1) is 20.0. The number of carbonyl (C=O) groups is 1. The Labute approximate surface area is 172 Å². The molecule has 3 aromatic carbocycles. The van der Waals surface area contributed by atoms with E-state index in [1.54, 1.807) is 0 Å². The van der Waals surface area contributed by atoms with E-state index < -0.39 is 11.7 Å². The number of rotatable bonds is 3. The molecule has 0 radical (unpaired) electrons. The number of hydrogen-bond acceptors (Lipinski definition) is 2. The highest BCUT2D eigenvalue weighted by molar-refractivity contribution is 5.97. The standard InChI is InChI=1S/C24H21F3N2O/c1-15-10-21-22(13-19(15)24(25,26)27)29-23(30)14-20(28-21)18-9-5-8-17(12-18)11-16-6-3-2-4-7-16/h2-10,12-13,20,28H,11,14H2,1H3,(H,29,30).